The highest BCUT2D eigenvalue weighted by atomic mass is 32.2. The lowest BCUT2D eigenvalue weighted by molar-refractivity contribution is 0.567. The standard InChI is InChI=1S/C13H20N2O2S/c1-10-9-18(16,17)8-7-15(10)13-6-4-3-5-12(13)11(2)14/h3-6,10-11H,7-9,14H2,1-2H3. The van der Waals surface area contributed by atoms with Gasteiger partial charge in [0.15, 0.2) is 9.84 Å². The maximum Gasteiger partial charge on any atom is 0.154 e. The molecule has 0 radical (unpaired) electrons. The molecule has 1 aliphatic rings. The Hall–Kier alpha value is -1.07. The Bertz CT molecular complexity index is 526. The number of sulfone groups is 1. The predicted octanol–water partition coefficient (Wildman–Crippen LogP) is 1.33. The van der Waals surface area contributed by atoms with Gasteiger partial charge >= 0.3 is 0 Å². The van der Waals surface area contributed by atoms with Crippen molar-refractivity contribution in [1.29, 1.82) is 0 Å². The fourth-order valence-electron chi connectivity index (χ4n) is 2.49. The molecule has 2 unspecified atom stereocenters. The average Bonchev–Trinajstić information content (AvgIpc) is 2.28. The Morgan fingerprint density at radius 2 is 2.06 bits per heavy atom. The molecule has 1 fully saturated rings. The zero-order valence-electron chi connectivity index (χ0n) is 10.8. The minimum Gasteiger partial charge on any atom is -0.367 e. The zero-order chi connectivity index (χ0) is 13.3. The molecule has 4 nitrogen and oxygen atoms in total. The highest BCUT2D eigenvalue weighted by Gasteiger charge is 2.29. The van der Waals surface area contributed by atoms with Crippen LogP contribution < -0.4 is 10.6 Å². The Kier molecular flexibility index (Phi) is 3.64. The van der Waals surface area contributed by atoms with Crippen LogP contribution in [0.5, 0.6) is 0 Å². The molecule has 0 aliphatic carbocycles. The summed E-state index contributed by atoms with van der Waals surface area (Å²) in [6, 6.07) is 7.92. The second-order valence-electron chi connectivity index (χ2n) is 5.00. The summed E-state index contributed by atoms with van der Waals surface area (Å²) in [7, 11) is -2.88. The molecule has 2 N–H and O–H groups in total. The van der Waals surface area contributed by atoms with Crippen LogP contribution >= 0.6 is 0 Å². The third kappa shape index (κ3) is 2.67. The van der Waals surface area contributed by atoms with E-state index in [0.29, 0.717) is 6.54 Å². The summed E-state index contributed by atoms with van der Waals surface area (Å²) in [5.41, 5.74) is 8.11. The summed E-state index contributed by atoms with van der Waals surface area (Å²) < 4.78 is 23.2. The van der Waals surface area contributed by atoms with Crippen LogP contribution in [0.3, 0.4) is 0 Å². The third-order valence-corrected chi connectivity index (χ3v) is 5.20. The maximum atomic E-state index is 11.6. The van der Waals surface area contributed by atoms with Crippen molar-refractivity contribution < 1.29 is 8.42 Å². The summed E-state index contributed by atoms with van der Waals surface area (Å²) in [4.78, 5) is 2.15. The van der Waals surface area contributed by atoms with Crippen molar-refractivity contribution >= 4 is 15.5 Å². The summed E-state index contributed by atoms with van der Waals surface area (Å²) in [5, 5.41) is 0. The summed E-state index contributed by atoms with van der Waals surface area (Å²) in [6.45, 7) is 4.45. The van der Waals surface area contributed by atoms with Crippen LogP contribution in [-0.2, 0) is 9.84 Å². The molecule has 1 aliphatic heterocycles. The number of nitrogens with two attached hydrogens (primary N) is 1. The minimum absolute atomic E-state index is 0.00338. The van der Waals surface area contributed by atoms with Crippen LogP contribution in [0.2, 0.25) is 0 Å². The van der Waals surface area contributed by atoms with E-state index in [2.05, 4.69) is 4.90 Å². The lowest BCUT2D eigenvalue weighted by atomic mass is 10.0. The molecule has 1 aromatic carbocycles. The van der Waals surface area contributed by atoms with Gasteiger partial charge in [-0.2, -0.15) is 0 Å². The van der Waals surface area contributed by atoms with Gasteiger partial charge in [-0.05, 0) is 25.5 Å². The molecular weight excluding hydrogens is 248 g/mol. The number of anilines is 1. The highest BCUT2D eigenvalue weighted by Crippen LogP contribution is 2.28. The van der Waals surface area contributed by atoms with Gasteiger partial charge in [-0.15, -0.1) is 0 Å². The minimum atomic E-state index is -2.88. The summed E-state index contributed by atoms with van der Waals surface area (Å²) in [6.07, 6.45) is 0. The Morgan fingerprint density at radius 3 is 2.67 bits per heavy atom. The van der Waals surface area contributed by atoms with Crippen molar-refractivity contribution in [2.45, 2.75) is 25.9 Å². The van der Waals surface area contributed by atoms with Crippen LogP contribution in [0.25, 0.3) is 0 Å². The quantitative estimate of drug-likeness (QED) is 0.879. The number of benzene rings is 1. The van der Waals surface area contributed by atoms with E-state index in [9.17, 15) is 8.42 Å². The Morgan fingerprint density at radius 1 is 1.39 bits per heavy atom. The molecule has 2 rings (SSSR count). The topological polar surface area (TPSA) is 63.4 Å². The molecule has 5 heteroatoms. The largest absolute Gasteiger partial charge is 0.367 e. The molecule has 0 aromatic heterocycles. The Balaban J connectivity index is 2.33. The normalized spacial score (nSPS) is 24.8. The average molecular weight is 268 g/mol. The van der Waals surface area contributed by atoms with E-state index in [1.807, 2.05) is 38.1 Å². The molecule has 2 atom stereocenters. The predicted molar refractivity (Wildman–Crippen MR) is 74.5 cm³/mol. The molecule has 1 heterocycles. The van der Waals surface area contributed by atoms with Gasteiger partial charge in [0.05, 0.1) is 11.5 Å². The van der Waals surface area contributed by atoms with E-state index >= 15 is 0 Å². The van der Waals surface area contributed by atoms with E-state index in [0.717, 1.165) is 11.3 Å². The highest BCUT2D eigenvalue weighted by molar-refractivity contribution is 7.91. The summed E-state index contributed by atoms with van der Waals surface area (Å²) in [5.74, 6) is 0.449. The SMILES string of the molecule is CC(N)c1ccccc1N1CCS(=O)(=O)CC1C. The van der Waals surface area contributed by atoms with Gasteiger partial charge in [-0.3, -0.25) is 0 Å². The number of hydrogen-bond donors (Lipinski definition) is 1. The van der Waals surface area contributed by atoms with Gasteiger partial charge in [0.25, 0.3) is 0 Å². The molecule has 0 amide bonds. The first kappa shape index (κ1) is 13.4. The number of nitrogens with zero attached hydrogens (tertiary/aromatic N) is 1. The monoisotopic (exact) mass is 268 g/mol. The van der Waals surface area contributed by atoms with Crippen molar-refractivity contribution in [1.82, 2.24) is 0 Å². The summed E-state index contributed by atoms with van der Waals surface area (Å²) >= 11 is 0. The molecule has 0 bridgehead atoms. The zero-order valence-corrected chi connectivity index (χ0v) is 11.7. The first-order valence-electron chi connectivity index (χ1n) is 6.22. The first-order chi connectivity index (χ1) is 8.41. The van der Waals surface area contributed by atoms with Gasteiger partial charge < -0.3 is 10.6 Å². The maximum absolute atomic E-state index is 11.6. The molecule has 0 saturated carbocycles. The van der Waals surface area contributed by atoms with Crippen molar-refractivity contribution in [2.24, 2.45) is 5.73 Å². The van der Waals surface area contributed by atoms with Gasteiger partial charge in [0.1, 0.15) is 0 Å². The van der Waals surface area contributed by atoms with Crippen LogP contribution in [0.1, 0.15) is 25.5 Å². The number of hydrogen-bond acceptors (Lipinski definition) is 4. The lowest BCUT2D eigenvalue weighted by Gasteiger charge is -2.36. The van der Waals surface area contributed by atoms with Gasteiger partial charge in [0.2, 0.25) is 0 Å². The second-order valence-corrected chi connectivity index (χ2v) is 7.23. The Labute approximate surface area is 109 Å². The molecule has 18 heavy (non-hydrogen) atoms. The van der Waals surface area contributed by atoms with Crippen LogP contribution in [0.15, 0.2) is 24.3 Å². The molecular formula is C13H20N2O2S. The van der Waals surface area contributed by atoms with Crippen molar-refractivity contribution in [3.63, 3.8) is 0 Å². The van der Waals surface area contributed by atoms with Crippen molar-refractivity contribution in [3.8, 4) is 0 Å². The van der Waals surface area contributed by atoms with Crippen LogP contribution in [0.4, 0.5) is 5.69 Å². The fourth-order valence-corrected chi connectivity index (χ4v) is 4.05. The molecule has 0 spiro atoms. The van der Waals surface area contributed by atoms with E-state index in [1.54, 1.807) is 0 Å². The first-order valence-corrected chi connectivity index (χ1v) is 8.04. The molecule has 100 valence electrons. The van der Waals surface area contributed by atoms with Gasteiger partial charge in [-0.25, -0.2) is 8.42 Å². The molecule has 1 saturated heterocycles. The van der Waals surface area contributed by atoms with E-state index in [-0.39, 0.29) is 23.6 Å². The van der Waals surface area contributed by atoms with Crippen molar-refractivity contribution in [2.75, 3.05) is 23.0 Å². The van der Waals surface area contributed by atoms with Crippen LogP contribution in [-0.4, -0.2) is 32.5 Å². The fraction of sp³-hybridized carbons (Fsp3) is 0.538. The third-order valence-electron chi connectivity index (χ3n) is 3.41. The smallest absolute Gasteiger partial charge is 0.154 e. The van der Waals surface area contributed by atoms with E-state index in [4.69, 9.17) is 5.73 Å². The van der Waals surface area contributed by atoms with Crippen molar-refractivity contribution in [3.05, 3.63) is 29.8 Å². The molecule has 1 aromatic rings. The number of para-hydroxylation sites is 1. The van der Waals surface area contributed by atoms with Gasteiger partial charge in [0, 0.05) is 24.3 Å². The second kappa shape index (κ2) is 4.90. The van der Waals surface area contributed by atoms with E-state index < -0.39 is 9.84 Å². The van der Waals surface area contributed by atoms with Gasteiger partial charge in [-0.1, -0.05) is 18.2 Å². The van der Waals surface area contributed by atoms with Crippen LogP contribution in [0, 0.1) is 0 Å². The number of rotatable bonds is 2. The van der Waals surface area contributed by atoms with E-state index in [1.165, 1.54) is 0 Å². The lowest BCUT2D eigenvalue weighted by Crippen LogP contribution is -2.47.